The molecule has 0 spiro atoms. The summed E-state index contributed by atoms with van der Waals surface area (Å²) in [5.41, 5.74) is 3.08. The Labute approximate surface area is 204 Å². The summed E-state index contributed by atoms with van der Waals surface area (Å²) in [5, 5.41) is 0. The number of hydrogen-bond acceptors (Lipinski definition) is 2. The maximum atomic E-state index is 2.53. The van der Waals surface area contributed by atoms with Crippen molar-refractivity contribution in [1.82, 2.24) is 9.80 Å². The molecule has 0 aromatic heterocycles. The van der Waals surface area contributed by atoms with Crippen LogP contribution in [0.2, 0.25) is 0 Å². The third-order valence-corrected chi connectivity index (χ3v) is 7.05. The van der Waals surface area contributed by atoms with E-state index in [1.54, 1.807) is 5.57 Å². The van der Waals surface area contributed by atoms with E-state index >= 15 is 0 Å². The van der Waals surface area contributed by atoms with Gasteiger partial charge in [0, 0.05) is 32.4 Å². The van der Waals surface area contributed by atoms with Crippen molar-refractivity contribution in [2.75, 3.05) is 26.2 Å². The van der Waals surface area contributed by atoms with E-state index in [2.05, 4.69) is 77.7 Å². The summed E-state index contributed by atoms with van der Waals surface area (Å²) in [6.45, 7) is 7.04. The van der Waals surface area contributed by atoms with Crippen LogP contribution in [0.15, 0.2) is 72.2 Å². The standard InChI is InChI=1S/C31H48N2/c1-29-18-12-8-5-6-10-13-19-30-21-16-24-32(27-30)23-15-11-7-3-2-4-9-14-20-31-22-17-25-33(26-29)28-31/h4,6,9-10,16-17,21-22,24,28-29H,2-3,5,7-8,11-15,18-20,23,25-27H2,1H3/b9-4-,10-6-/t29-/m1/s1. The van der Waals surface area contributed by atoms with E-state index in [9.17, 15) is 0 Å². The summed E-state index contributed by atoms with van der Waals surface area (Å²) in [6, 6.07) is 0. The SMILES string of the molecule is C[C@@H]1CCCC/C=C\CCC2=CC=CN(CCCCCC/C=C\CCC3=CN(CC=C3)C1)C2. The second kappa shape index (κ2) is 15.8. The Kier molecular flexibility index (Phi) is 12.3. The largest absolute Gasteiger partial charge is 0.373 e. The predicted molar refractivity (Wildman–Crippen MR) is 145 cm³/mol. The van der Waals surface area contributed by atoms with Gasteiger partial charge in [0.15, 0.2) is 0 Å². The molecular weight excluding hydrogens is 400 g/mol. The van der Waals surface area contributed by atoms with E-state index in [1.807, 2.05) is 0 Å². The zero-order valence-electron chi connectivity index (χ0n) is 21.3. The third kappa shape index (κ3) is 11.1. The monoisotopic (exact) mass is 448 g/mol. The fourth-order valence-electron chi connectivity index (χ4n) is 5.10. The summed E-state index contributed by atoms with van der Waals surface area (Å²) < 4.78 is 0. The number of hydrogen-bond donors (Lipinski definition) is 0. The lowest BCUT2D eigenvalue weighted by molar-refractivity contribution is 0.323. The van der Waals surface area contributed by atoms with Crippen molar-refractivity contribution in [2.45, 2.75) is 90.4 Å². The Bertz CT molecular complexity index is 721. The minimum atomic E-state index is 0.769. The van der Waals surface area contributed by atoms with Crippen LogP contribution in [0.1, 0.15) is 90.4 Å². The van der Waals surface area contributed by atoms with Crippen molar-refractivity contribution in [3.8, 4) is 0 Å². The number of rotatable bonds is 0. The van der Waals surface area contributed by atoms with Gasteiger partial charge in [-0.05, 0) is 88.0 Å². The van der Waals surface area contributed by atoms with Gasteiger partial charge in [0.2, 0.25) is 0 Å². The summed E-state index contributed by atoms with van der Waals surface area (Å²) in [4.78, 5) is 5.05. The highest BCUT2D eigenvalue weighted by Crippen LogP contribution is 2.19. The van der Waals surface area contributed by atoms with E-state index in [0.717, 1.165) is 19.0 Å². The molecule has 0 saturated carbocycles. The maximum Gasteiger partial charge on any atom is 0.0386 e. The van der Waals surface area contributed by atoms with Crippen LogP contribution in [0, 0.1) is 5.92 Å². The molecule has 33 heavy (non-hydrogen) atoms. The van der Waals surface area contributed by atoms with Crippen molar-refractivity contribution in [1.29, 1.82) is 0 Å². The van der Waals surface area contributed by atoms with Crippen molar-refractivity contribution in [3.05, 3.63) is 72.2 Å². The number of fused-ring (bicyclic) bond motifs is 3. The molecule has 1 atom stereocenters. The quantitative estimate of drug-likeness (QED) is 0.344. The molecular formula is C31H48N2. The van der Waals surface area contributed by atoms with Crippen molar-refractivity contribution in [3.63, 3.8) is 0 Å². The lowest BCUT2D eigenvalue weighted by atomic mass is 10.0. The van der Waals surface area contributed by atoms with E-state index in [4.69, 9.17) is 0 Å². The van der Waals surface area contributed by atoms with Crippen LogP contribution in [0.25, 0.3) is 0 Å². The minimum Gasteiger partial charge on any atom is -0.373 e. The van der Waals surface area contributed by atoms with Crippen LogP contribution in [0.4, 0.5) is 0 Å². The molecule has 0 unspecified atom stereocenters. The molecule has 0 amide bonds. The Morgan fingerprint density at radius 2 is 1.52 bits per heavy atom. The van der Waals surface area contributed by atoms with E-state index in [0.29, 0.717) is 0 Å². The van der Waals surface area contributed by atoms with Gasteiger partial charge in [0.05, 0.1) is 0 Å². The van der Waals surface area contributed by atoms with Gasteiger partial charge >= 0.3 is 0 Å². The molecule has 3 aliphatic rings. The van der Waals surface area contributed by atoms with Gasteiger partial charge in [0.25, 0.3) is 0 Å². The highest BCUT2D eigenvalue weighted by molar-refractivity contribution is 5.23. The zero-order valence-corrected chi connectivity index (χ0v) is 21.3. The maximum absolute atomic E-state index is 2.53. The molecule has 0 saturated heterocycles. The molecule has 3 rings (SSSR count). The summed E-state index contributed by atoms with van der Waals surface area (Å²) in [6.07, 6.45) is 40.2. The van der Waals surface area contributed by atoms with Gasteiger partial charge in [-0.1, -0.05) is 74.3 Å². The predicted octanol–water partition coefficient (Wildman–Crippen LogP) is 8.33. The molecule has 2 nitrogen and oxygen atoms in total. The topological polar surface area (TPSA) is 6.48 Å². The first-order valence-corrected chi connectivity index (χ1v) is 13.8. The summed E-state index contributed by atoms with van der Waals surface area (Å²) >= 11 is 0. The van der Waals surface area contributed by atoms with Crippen LogP contribution in [0.5, 0.6) is 0 Å². The fraction of sp³-hybridized carbons (Fsp3) is 0.613. The first-order valence-electron chi connectivity index (χ1n) is 13.8. The third-order valence-electron chi connectivity index (χ3n) is 7.05. The van der Waals surface area contributed by atoms with Gasteiger partial charge in [-0.2, -0.15) is 0 Å². The molecule has 3 aliphatic heterocycles. The summed E-state index contributed by atoms with van der Waals surface area (Å²) in [7, 11) is 0. The smallest absolute Gasteiger partial charge is 0.0386 e. The van der Waals surface area contributed by atoms with Crippen LogP contribution >= 0.6 is 0 Å². The Morgan fingerprint density at radius 3 is 2.39 bits per heavy atom. The Hall–Kier alpha value is -1.96. The van der Waals surface area contributed by atoms with Gasteiger partial charge < -0.3 is 9.80 Å². The molecule has 4 bridgehead atoms. The van der Waals surface area contributed by atoms with Crippen LogP contribution in [-0.4, -0.2) is 36.0 Å². The molecule has 0 aromatic rings. The average molecular weight is 449 g/mol. The van der Waals surface area contributed by atoms with Crippen LogP contribution in [-0.2, 0) is 0 Å². The van der Waals surface area contributed by atoms with E-state index in [-0.39, 0.29) is 0 Å². The second-order valence-corrected chi connectivity index (χ2v) is 10.3. The number of nitrogens with zero attached hydrogens (tertiary/aromatic N) is 2. The molecule has 2 heteroatoms. The molecule has 0 aliphatic carbocycles. The minimum absolute atomic E-state index is 0.769. The van der Waals surface area contributed by atoms with Crippen molar-refractivity contribution < 1.29 is 0 Å². The molecule has 0 radical (unpaired) electrons. The average Bonchev–Trinajstić information content (AvgIpc) is 2.82. The van der Waals surface area contributed by atoms with Crippen molar-refractivity contribution >= 4 is 0 Å². The number of allylic oxidation sites excluding steroid dienone is 8. The van der Waals surface area contributed by atoms with Gasteiger partial charge in [-0.3, -0.25) is 0 Å². The Morgan fingerprint density at radius 1 is 0.758 bits per heavy atom. The first kappa shape index (κ1) is 25.7. The molecule has 182 valence electrons. The normalized spacial score (nSPS) is 26.9. The molecule has 3 heterocycles. The summed E-state index contributed by atoms with van der Waals surface area (Å²) in [5.74, 6) is 0.769. The van der Waals surface area contributed by atoms with Crippen LogP contribution in [0.3, 0.4) is 0 Å². The fourth-order valence-corrected chi connectivity index (χ4v) is 5.10. The van der Waals surface area contributed by atoms with Gasteiger partial charge in [-0.15, -0.1) is 0 Å². The Balaban J connectivity index is 1.45. The van der Waals surface area contributed by atoms with Crippen LogP contribution < -0.4 is 0 Å². The second-order valence-electron chi connectivity index (χ2n) is 10.3. The molecule has 0 N–H and O–H groups in total. The van der Waals surface area contributed by atoms with Gasteiger partial charge in [0.1, 0.15) is 0 Å². The van der Waals surface area contributed by atoms with Crippen molar-refractivity contribution in [2.24, 2.45) is 5.92 Å². The van der Waals surface area contributed by atoms with E-state index < -0.39 is 0 Å². The molecule has 0 aromatic carbocycles. The highest BCUT2D eigenvalue weighted by Gasteiger charge is 2.10. The van der Waals surface area contributed by atoms with E-state index in [1.165, 1.54) is 102 Å². The lowest BCUT2D eigenvalue weighted by Gasteiger charge is -2.26. The lowest BCUT2D eigenvalue weighted by Crippen LogP contribution is -2.25. The highest BCUT2D eigenvalue weighted by atomic mass is 15.1. The van der Waals surface area contributed by atoms with Gasteiger partial charge in [-0.25, -0.2) is 0 Å². The molecule has 0 fully saturated rings. The zero-order chi connectivity index (χ0) is 23.0. The first-order chi connectivity index (χ1) is 16.3.